The number of nitrogens with zero attached hydrogens (tertiary/aromatic N) is 2. The van der Waals surface area contributed by atoms with Crippen molar-refractivity contribution in [1.29, 1.82) is 0 Å². The molecule has 1 aliphatic rings. The molecule has 2 amide bonds. The van der Waals surface area contributed by atoms with Gasteiger partial charge in [0.05, 0.1) is 23.7 Å². The van der Waals surface area contributed by atoms with Gasteiger partial charge < -0.3 is 4.74 Å². The summed E-state index contributed by atoms with van der Waals surface area (Å²) in [4.78, 5) is 26.5. The van der Waals surface area contributed by atoms with Gasteiger partial charge in [0.25, 0.3) is 15.9 Å². The third-order valence-corrected chi connectivity index (χ3v) is 7.98. The highest BCUT2D eigenvalue weighted by atomic mass is 79.9. The van der Waals surface area contributed by atoms with E-state index in [1.165, 1.54) is 12.1 Å². The number of carbonyl (C=O) groups excluding carboxylic acids is 2. The zero-order valence-electron chi connectivity index (χ0n) is 19.7. The van der Waals surface area contributed by atoms with Gasteiger partial charge in [0, 0.05) is 28.2 Å². The summed E-state index contributed by atoms with van der Waals surface area (Å²) in [7, 11) is -2.45. The topological polar surface area (TPSA) is 121 Å². The number of aromatic nitrogens is 2. The molecule has 2 heterocycles. The number of hydrogen-bond acceptors (Lipinski definition) is 6. The molecular formula is C26H21BrN4O5S. The smallest absolute Gasteiger partial charge is 0.277 e. The fourth-order valence-corrected chi connectivity index (χ4v) is 5.66. The van der Waals surface area contributed by atoms with Crippen molar-refractivity contribution in [3.8, 4) is 17.0 Å². The van der Waals surface area contributed by atoms with Gasteiger partial charge in [0.15, 0.2) is 0 Å². The maximum Gasteiger partial charge on any atom is 0.277 e. The molecule has 3 aromatic carbocycles. The summed E-state index contributed by atoms with van der Waals surface area (Å²) in [5, 5.41) is 7.38. The molecular weight excluding hydrogens is 560 g/mol. The average Bonchev–Trinajstić information content (AvgIpc) is 3.43. The van der Waals surface area contributed by atoms with Crippen molar-refractivity contribution in [3.63, 3.8) is 0 Å². The first-order valence-electron chi connectivity index (χ1n) is 11.1. The maximum atomic E-state index is 13.7. The molecule has 9 nitrogen and oxygen atoms in total. The molecule has 0 saturated heterocycles. The molecule has 0 aliphatic carbocycles. The minimum Gasteiger partial charge on any atom is -0.497 e. The number of fused-ring (bicyclic) bond motifs is 1. The van der Waals surface area contributed by atoms with Gasteiger partial charge in [0.2, 0.25) is 5.91 Å². The lowest BCUT2D eigenvalue weighted by molar-refractivity contribution is -0.117. The second kappa shape index (κ2) is 9.49. The van der Waals surface area contributed by atoms with Crippen LogP contribution in [0.4, 0.5) is 5.69 Å². The van der Waals surface area contributed by atoms with Gasteiger partial charge in [-0.15, -0.1) is 0 Å². The van der Waals surface area contributed by atoms with E-state index < -0.39 is 22.0 Å². The number of hydrogen-bond donors (Lipinski definition) is 2. The Kier molecular flexibility index (Phi) is 6.34. The first-order chi connectivity index (χ1) is 17.7. The zero-order chi connectivity index (χ0) is 26.3. The van der Waals surface area contributed by atoms with E-state index in [-0.39, 0.29) is 10.8 Å². The lowest BCUT2D eigenvalue weighted by Gasteiger charge is -2.27. The van der Waals surface area contributed by atoms with E-state index in [1.54, 1.807) is 24.1 Å². The van der Waals surface area contributed by atoms with Crippen LogP contribution >= 0.6 is 15.9 Å². The first kappa shape index (κ1) is 24.7. The molecule has 188 valence electrons. The van der Waals surface area contributed by atoms with Crippen LogP contribution in [0.25, 0.3) is 11.3 Å². The number of methoxy groups -OCH3 is 1. The first-order valence-corrected chi connectivity index (χ1v) is 13.4. The summed E-state index contributed by atoms with van der Waals surface area (Å²) in [6.45, 7) is 1.12. The van der Waals surface area contributed by atoms with Gasteiger partial charge in [-0.3, -0.25) is 19.6 Å². The standard InChI is InChI=1S/C26H21BrN4O5S/c1-15(32)30-37(34,35)21-12-10-19(11-13-21)31-25(17-4-3-5-20(14-17)36-2)22-23(28-29-24(22)26(31)33)16-6-8-18(27)9-7-16/h3-14,25H,1-2H3,(H,28,29)(H,30,32). The summed E-state index contributed by atoms with van der Waals surface area (Å²) in [5.41, 5.74) is 3.79. The lowest BCUT2D eigenvalue weighted by Crippen LogP contribution is -2.30. The third-order valence-electron chi connectivity index (χ3n) is 6.00. The van der Waals surface area contributed by atoms with E-state index in [0.717, 1.165) is 22.5 Å². The summed E-state index contributed by atoms with van der Waals surface area (Å²) in [6.07, 6.45) is 0. The van der Waals surface area contributed by atoms with Gasteiger partial charge in [-0.05, 0) is 54.1 Å². The van der Waals surface area contributed by atoms with Crippen LogP contribution in [0.3, 0.4) is 0 Å². The van der Waals surface area contributed by atoms with Crippen LogP contribution in [0.2, 0.25) is 0 Å². The van der Waals surface area contributed by atoms with Gasteiger partial charge in [-0.2, -0.15) is 5.10 Å². The van der Waals surface area contributed by atoms with Gasteiger partial charge >= 0.3 is 0 Å². The highest BCUT2D eigenvalue weighted by Crippen LogP contribution is 2.45. The summed E-state index contributed by atoms with van der Waals surface area (Å²) in [6, 6.07) is 20.3. The molecule has 4 aromatic rings. The average molecular weight is 581 g/mol. The summed E-state index contributed by atoms with van der Waals surface area (Å²) >= 11 is 3.45. The fraction of sp³-hybridized carbons (Fsp3) is 0.115. The number of amides is 2. The Hall–Kier alpha value is -3.96. The molecule has 5 rings (SSSR count). The number of H-pyrrole nitrogens is 1. The van der Waals surface area contributed by atoms with Crippen molar-refractivity contribution >= 4 is 43.5 Å². The Morgan fingerprint density at radius 1 is 1.08 bits per heavy atom. The van der Waals surface area contributed by atoms with E-state index in [2.05, 4.69) is 26.1 Å². The number of anilines is 1. The predicted molar refractivity (Wildman–Crippen MR) is 141 cm³/mol. The normalized spacial score (nSPS) is 14.9. The minimum absolute atomic E-state index is 0.0910. The monoisotopic (exact) mass is 580 g/mol. The molecule has 0 spiro atoms. The SMILES string of the molecule is COc1cccc(C2c3c(-c4ccc(Br)cc4)n[nH]c3C(=O)N2c2ccc(S(=O)(=O)NC(C)=O)cc2)c1. The van der Waals surface area contributed by atoms with Gasteiger partial charge in [0.1, 0.15) is 11.4 Å². The van der Waals surface area contributed by atoms with Crippen LogP contribution < -0.4 is 14.4 Å². The predicted octanol–water partition coefficient (Wildman–Crippen LogP) is 4.42. The van der Waals surface area contributed by atoms with Crippen LogP contribution in [0.15, 0.2) is 82.2 Å². The quantitative estimate of drug-likeness (QED) is 0.348. The molecule has 2 N–H and O–H groups in total. The minimum atomic E-state index is -4.02. The molecule has 1 aliphatic heterocycles. The number of rotatable bonds is 6. The molecule has 1 atom stereocenters. The van der Waals surface area contributed by atoms with Gasteiger partial charge in [-0.25, -0.2) is 13.1 Å². The van der Waals surface area contributed by atoms with Gasteiger partial charge in [-0.1, -0.05) is 40.2 Å². The molecule has 0 bridgehead atoms. The number of sulfonamides is 1. The Balaban J connectivity index is 1.64. The van der Waals surface area contributed by atoms with E-state index in [4.69, 9.17) is 4.74 Å². The Bertz CT molecular complexity index is 1620. The van der Waals surface area contributed by atoms with E-state index in [0.29, 0.717) is 28.4 Å². The van der Waals surface area contributed by atoms with Crippen LogP contribution in [0, 0.1) is 0 Å². The van der Waals surface area contributed by atoms with Crippen LogP contribution in [-0.4, -0.2) is 37.5 Å². The largest absolute Gasteiger partial charge is 0.497 e. The van der Waals surface area contributed by atoms with Crippen molar-refractivity contribution in [2.24, 2.45) is 0 Å². The lowest BCUT2D eigenvalue weighted by atomic mass is 9.95. The molecule has 0 saturated carbocycles. The number of ether oxygens (including phenoxy) is 1. The van der Waals surface area contributed by atoms with Crippen LogP contribution in [0.1, 0.15) is 34.6 Å². The van der Waals surface area contributed by atoms with Crippen molar-refractivity contribution in [3.05, 3.63) is 94.1 Å². The van der Waals surface area contributed by atoms with Crippen molar-refractivity contribution in [1.82, 2.24) is 14.9 Å². The molecule has 1 aromatic heterocycles. The number of nitrogens with one attached hydrogen (secondary N) is 2. The second-order valence-electron chi connectivity index (χ2n) is 8.38. The second-order valence-corrected chi connectivity index (χ2v) is 11.0. The molecule has 0 fully saturated rings. The number of carbonyl (C=O) groups is 2. The Morgan fingerprint density at radius 2 is 1.78 bits per heavy atom. The van der Waals surface area contributed by atoms with Crippen molar-refractivity contribution in [2.75, 3.05) is 12.0 Å². The summed E-state index contributed by atoms with van der Waals surface area (Å²) < 4.78 is 33.1. The molecule has 0 radical (unpaired) electrons. The van der Waals surface area contributed by atoms with Crippen LogP contribution in [-0.2, 0) is 14.8 Å². The van der Waals surface area contributed by atoms with Crippen molar-refractivity contribution in [2.45, 2.75) is 17.9 Å². The summed E-state index contributed by atoms with van der Waals surface area (Å²) in [5.74, 6) is -0.372. The third kappa shape index (κ3) is 4.51. The molecule has 11 heteroatoms. The highest BCUT2D eigenvalue weighted by Gasteiger charge is 2.43. The zero-order valence-corrected chi connectivity index (χ0v) is 22.1. The van der Waals surface area contributed by atoms with E-state index >= 15 is 0 Å². The van der Waals surface area contributed by atoms with E-state index in [9.17, 15) is 18.0 Å². The number of halogens is 1. The highest BCUT2D eigenvalue weighted by molar-refractivity contribution is 9.10. The number of benzene rings is 3. The van der Waals surface area contributed by atoms with E-state index in [1.807, 2.05) is 53.3 Å². The van der Waals surface area contributed by atoms with Crippen LogP contribution in [0.5, 0.6) is 5.75 Å². The number of aromatic amines is 1. The van der Waals surface area contributed by atoms with Crippen molar-refractivity contribution < 1.29 is 22.7 Å². The Morgan fingerprint density at radius 3 is 2.43 bits per heavy atom. The fourth-order valence-electron chi connectivity index (χ4n) is 4.40. The molecule has 37 heavy (non-hydrogen) atoms. The maximum absolute atomic E-state index is 13.7. The molecule has 1 unspecified atom stereocenters. The Labute approximate surface area is 221 Å².